The Morgan fingerprint density at radius 2 is 1.83 bits per heavy atom. The van der Waals surface area contributed by atoms with Gasteiger partial charge in [0.1, 0.15) is 11.6 Å². The topological polar surface area (TPSA) is 91.6 Å². The summed E-state index contributed by atoms with van der Waals surface area (Å²) in [6.07, 6.45) is 6.37. The number of aromatic hydroxyl groups is 1. The monoisotopic (exact) mass is 392 g/mol. The first kappa shape index (κ1) is 21.6. The number of nitriles is 1. The van der Waals surface area contributed by atoms with Crippen LogP contribution in [0.4, 0.5) is 0 Å². The van der Waals surface area contributed by atoms with Crippen LogP contribution in [0.3, 0.4) is 0 Å². The lowest BCUT2D eigenvalue weighted by Gasteiger charge is -2.09. The number of carbonyl (C=O) groups is 1. The first-order valence-electron chi connectivity index (χ1n) is 9.14. The normalized spacial score (nSPS) is 11.1. The molecule has 2 aromatic rings. The summed E-state index contributed by atoms with van der Waals surface area (Å²) in [5.41, 5.74) is 1.91. The number of nitrogens with one attached hydrogen (secondary N) is 1. The van der Waals surface area contributed by atoms with Gasteiger partial charge in [0.05, 0.1) is 14.2 Å². The fourth-order valence-electron chi connectivity index (χ4n) is 2.66. The fourth-order valence-corrected chi connectivity index (χ4v) is 2.66. The molecule has 2 rings (SSSR count). The van der Waals surface area contributed by atoms with Crippen molar-refractivity contribution in [2.75, 3.05) is 20.8 Å². The van der Waals surface area contributed by atoms with Crippen molar-refractivity contribution in [1.29, 1.82) is 5.26 Å². The van der Waals surface area contributed by atoms with Gasteiger partial charge >= 0.3 is 0 Å². The van der Waals surface area contributed by atoms with E-state index in [1.54, 1.807) is 24.3 Å². The minimum absolute atomic E-state index is 0.0127. The first-order valence-corrected chi connectivity index (χ1v) is 9.14. The molecule has 0 aliphatic carbocycles. The zero-order chi connectivity index (χ0) is 21.1. The Balaban J connectivity index is 1.95. The number of aryl methyl sites for hydroxylation is 1. The van der Waals surface area contributed by atoms with Crippen molar-refractivity contribution >= 4 is 12.0 Å². The molecule has 0 atom stereocenters. The zero-order valence-corrected chi connectivity index (χ0v) is 16.5. The highest BCUT2D eigenvalue weighted by molar-refractivity contribution is 5.97. The number of methoxy groups -OCH3 is 2. The second kappa shape index (κ2) is 11.2. The highest BCUT2D eigenvalue weighted by Crippen LogP contribution is 2.37. The number of ether oxygens (including phenoxy) is 2. The van der Waals surface area contributed by atoms with Crippen molar-refractivity contribution in [3.8, 4) is 23.3 Å². The molecule has 6 nitrogen and oxygen atoms in total. The summed E-state index contributed by atoms with van der Waals surface area (Å²) in [6, 6.07) is 15.2. The summed E-state index contributed by atoms with van der Waals surface area (Å²) >= 11 is 0. The molecule has 0 radical (unpaired) electrons. The third-order valence-corrected chi connectivity index (χ3v) is 4.19. The van der Waals surface area contributed by atoms with Gasteiger partial charge in [-0.3, -0.25) is 4.79 Å². The van der Waals surface area contributed by atoms with Gasteiger partial charge in [0.15, 0.2) is 11.5 Å². The zero-order valence-electron chi connectivity index (χ0n) is 16.5. The predicted molar refractivity (Wildman–Crippen MR) is 112 cm³/mol. The second-order valence-corrected chi connectivity index (χ2v) is 6.17. The largest absolute Gasteiger partial charge is 0.502 e. The smallest absolute Gasteiger partial charge is 0.261 e. The van der Waals surface area contributed by atoms with Gasteiger partial charge in [-0.25, -0.2) is 0 Å². The Labute approximate surface area is 170 Å². The number of hydrogen-bond donors (Lipinski definition) is 2. The van der Waals surface area contributed by atoms with E-state index < -0.39 is 5.91 Å². The van der Waals surface area contributed by atoms with E-state index in [4.69, 9.17) is 9.47 Å². The van der Waals surface area contributed by atoms with Crippen molar-refractivity contribution < 1.29 is 19.4 Å². The lowest BCUT2D eigenvalue weighted by Crippen LogP contribution is -2.25. The maximum absolute atomic E-state index is 12.2. The van der Waals surface area contributed by atoms with Gasteiger partial charge in [-0.15, -0.1) is 0 Å². The van der Waals surface area contributed by atoms with Crippen LogP contribution in [0.15, 0.2) is 60.2 Å². The molecule has 2 aromatic carbocycles. The average Bonchev–Trinajstić information content (AvgIpc) is 2.75. The summed E-state index contributed by atoms with van der Waals surface area (Å²) in [7, 11) is 2.88. The van der Waals surface area contributed by atoms with E-state index in [2.05, 4.69) is 5.32 Å². The first-order chi connectivity index (χ1) is 14.1. The highest BCUT2D eigenvalue weighted by atomic mass is 16.5. The molecule has 29 heavy (non-hydrogen) atoms. The Hall–Kier alpha value is -3.72. The molecule has 1 amide bonds. The number of phenolic OH excluding ortho intramolecular Hbond substituents is 1. The molecule has 2 N–H and O–H groups in total. The van der Waals surface area contributed by atoms with Crippen LogP contribution in [0.1, 0.15) is 17.5 Å². The van der Waals surface area contributed by atoms with Crippen LogP contribution >= 0.6 is 0 Å². The Morgan fingerprint density at radius 3 is 2.41 bits per heavy atom. The molecule has 0 saturated heterocycles. The van der Waals surface area contributed by atoms with E-state index >= 15 is 0 Å². The summed E-state index contributed by atoms with van der Waals surface area (Å²) in [5, 5.41) is 21.9. The fraction of sp³-hybridized carbons (Fsp3) is 0.217. The third kappa shape index (κ3) is 6.43. The molecule has 0 heterocycles. The summed E-state index contributed by atoms with van der Waals surface area (Å²) in [4.78, 5) is 12.2. The molecule has 0 spiro atoms. The number of benzene rings is 2. The van der Waals surface area contributed by atoms with Gasteiger partial charge in [0.2, 0.25) is 5.75 Å². The van der Waals surface area contributed by atoms with E-state index in [0.717, 1.165) is 12.8 Å². The lowest BCUT2D eigenvalue weighted by molar-refractivity contribution is -0.117. The van der Waals surface area contributed by atoms with Crippen LogP contribution in [0, 0.1) is 11.3 Å². The average molecular weight is 392 g/mol. The molecule has 6 heteroatoms. The van der Waals surface area contributed by atoms with Crippen LogP contribution in [-0.2, 0) is 11.2 Å². The minimum atomic E-state index is -0.411. The number of allylic oxidation sites excluding steroid dienone is 2. The van der Waals surface area contributed by atoms with E-state index in [0.29, 0.717) is 12.1 Å². The number of carbonyl (C=O) groups excluding carboxylic acids is 1. The number of hydrogen-bond acceptors (Lipinski definition) is 5. The van der Waals surface area contributed by atoms with Crippen molar-refractivity contribution in [3.63, 3.8) is 0 Å². The summed E-state index contributed by atoms with van der Waals surface area (Å²) in [6.45, 7) is 0.489. The minimum Gasteiger partial charge on any atom is -0.502 e. The van der Waals surface area contributed by atoms with Gasteiger partial charge in [-0.1, -0.05) is 42.5 Å². The standard InChI is InChI=1S/C23H24N2O4/c1-28-20-14-18(15-21(29-2)22(20)26)10-6-12-19(16-24)23(27)25-13-7-11-17-8-4-3-5-9-17/h3-6,8-10,12,14-15,26H,7,11,13H2,1-2H3,(H,25,27)/b10-6+,19-12+. The summed E-state index contributed by atoms with van der Waals surface area (Å²) in [5.74, 6) is 0.0376. The number of phenols is 1. The number of nitrogens with zero attached hydrogens (tertiary/aromatic N) is 1. The quantitative estimate of drug-likeness (QED) is 0.294. The Bertz CT molecular complexity index is 903. The van der Waals surface area contributed by atoms with Crippen molar-refractivity contribution in [1.82, 2.24) is 5.32 Å². The number of amides is 1. The van der Waals surface area contributed by atoms with Gasteiger partial charge in [0, 0.05) is 6.54 Å². The van der Waals surface area contributed by atoms with Gasteiger partial charge in [0.25, 0.3) is 5.91 Å². The van der Waals surface area contributed by atoms with Crippen molar-refractivity contribution in [3.05, 3.63) is 71.3 Å². The maximum atomic E-state index is 12.2. The van der Waals surface area contributed by atoms with Gasteiger partial charge in [-0.2, -0.15) is 5.26 Å². The molecule has 0 aromatic heterocycles. The van der Waals surface area contributed by atoms with E-state index in [9.17, 15) is 15.2 Å². The molecule has 0 fully saturated rings. The lowest BCUT2D eigenvalue weighted by atomic mass is 10.1. The van der Waals surface area contributed by atoms with Crippen molar-refractivity contribution in [2.24, 2.45) is 0 Å². The summed E-state index contributed by atoms with van der Waals surface area (Å²) < 4.78 is 10.2. The van der Waals surface area contributed by atoms with Gasteiger partial charge < -0.3 is 19.9 Å². The van der Waals surface area contributed by atoms with Gasteiger partial charge in [-0.05, 0) is 42.2 Å². The van der Waals surface area contributed by atoms with E-state index in [-0.39, 0.29) is 22.8 Å². The van der Waals surface area contributed by atoms with Crippen LogP contribution in [0.25, 0.3) is 6.08 Å². The second-order valence-electron chi connectivity index (χ2n) is 6.17. The highest BCUT2D eigenvalue weighted by Gasteiger charge is 2.10. The molecular formula is C23H24N2O4. The van der Waals surface area contributed by atoms with Crippen LogP contribution in [0.5, 0.6) is 17.2 Å². The molecule has 0 saturated carbocycles. The van der Waals surface area contributed by atoms with Crippen LogP contribution < -0.4 is 14.8 Å². The molecule has 0 aliphatic rings. The Kier molecular flexibility index (Phi) is 8.33. The molecule has 150 valence electrons. The SMILES string of the molecule is COc1cc(/C=C/C=C(\C#N)C(=O)NCCCc2ccccc2)cc(OC)c1O. The van der Waals surface area contributed by atoms with E-state index in [1.165, 1.54) is 25.9 Å². The van der Waals surface area contributed by atoms with Crippen molar-refractivity contribution in [2.45, 2.75) is 12.8 Å². The van der Waals surface area contributed by atoms with Crippen LogP contribution in [-0.4, -0.2) is 31.8 Å². The Morgan fingerprint density at radius 1 is 1.17 bits per heavy atom. The molecule has 0 unspecified atom stereocenters. The molecule has 0 aliphatic heterocycles. The number of rotatable bonds is 9. The maximum Gasteiger partial charge on any atom is 0.261 e. The molecular weight excluding hydrogens is 368 g/mol. The van der Waals surface area contributed by atoms with Crippen LogP contribution in [0.2, 0.25) is 0 Å². The van der Waals surface area contributed by atoms with E-state index in [1.807, 2.05) is 36.4 Å². The predicted octanol–water partition coefficient (Wildman–Crippen LogP) is 3.62. The molecule has 0 bridgehead atoms. The third-order valence-electron chi connectivity index (χ3n) is 4.19.